The van der Waals surface area contributed by atoms with Crippen molar-refractivity contribution >= 4 is 22.8 Å². The van der Waals surface area contributed by atoms with E-state index in [1.54, 1.807) is 24.3 Å². The highest BCUT2D eigenvalue weighted by atomic mass is 16.5. The maximum atomic E-state index is 12.4. The zero-order chi connectivity index (χ0) is 19.3. The lowest BCUT2D eigenvalue weighted by atomic mass is 10.1. The van der Waals surface area contributed by atoms with Crippen LogP contribution in [0.15, 0.2) is 35.4 Å². The van der Waals surface area contributed by atoms with Gasteiger partial charge in [0, 0.05) is 13.0 Å². The van der Waals surface area contributed by atoms with Crippen LogP contribution in [0, 0.1) is 0 Å². The molecule has 8 heteroatoms. The lowest BCUT2D eigenvalue weighted by Crippen LogP contribution is -2.44. The Bertz CT molecular complexity index is 854. The van der Waals surface area contributed by atoms with Crippen molar-refractivity contribution in [2.45, 2.75) is 45.4 Å². The van der Waals surface area contributed by atoms with Crippen LogP contribution in [0.3, 0.4) is 0 Å². The van der Waals surface area contributed by atoms with Crippen molar-refractivity contribution < 1.29 is 19.4 Å². The fraction of sp³-hybridized carbons (Fsp3) is 0.444. The van der Waals surface area contributed by atoms with Crippen LogP contribution in [0.5, 0.6) is 0 Å². The van der Waals surface area contributed by atoms with Crippen LogP contribution < -0.4 is 10.9 Å². The molecule has 1 atom stereocenters. The first-order valence-corrected chi connectivity index (χ1v) is 8.28. The van der Waals surface area contributed by atoms with Gasteiger partial charge >= 0.3 is 5.97 Å². The number of carbonyl (C=O) groups excluding carboxylic acids is 1. The summed E-state index contributed by atoms with van der Waals surface area (Å²) in [4.78, 5) is 40.0. The molecule has 0 saturated heterocycles. The maximum absolute atomic E-state index is 12.4. The van der Waals surface area contributed by atoms with E-state index in [1.165, 1.54) is 6.33 Å². The highest BCUT2D eigenvalue weighted by Crippen LogP contribution is 2.08. The molecule has 1 heterocycles. The van der Waals surface area contributed by atoms with Gasteiger partial charge < -0.3 is 15.2 Å². The van der Waals surface area contributed by atoms with E-state index >= 15 is 0 Å². The van der Waals surface area contributed by atoms with Gasteiger partial charge in [-0.15, -0.1) is 0 Å². The molecule has 1 aromatic heterocycles. The minimum atomic E-state index is -1.15. The average Bonchev–Trinajstić information content (AvgIpc) is 2.55. The average molecular weight is 361 g/mol. The lowest BCUT2D eigenvalue weighted by molar-refractivity contribution is -0.142. The van der Waals surface area contributed by atoms with Gasteiger partial charge in [-0.05, 0) is 32.9 Å². The smallest absolute Gasteiger partial charge is 0.326 e. The number of amides is 1. The molecule has 0 aliphatic heterocycles. The van der Waals surface area contributed by atoms with Gasteiger partial charge in [-0.2, -0.15) is 0 Å². The largest absolute Gasteiger partial charge is 0.480 e. The van der Waals surface area contributed by atoms with Gasteiger partial charge in [0.25, 0.3) is 5.56 Å². The number of nitrogens with zero attached hydrogens (tertiary/aromatic N) is 2. The molecule has 0 aliphatic carbocycles. The third kappa shape index (κ3) is 5.38. The second-order valence-corrected chi connectivity index (χ2v) is 6.90. The number of benzene rings is 1. The maximum Gasteiger partial charge on any atom is 0.326 e. The topological polar surface area (TPSA) is 111 Å². The van der Waals surface area contributed by atoms with E-state index in [0.717, 1.165) is 4.57 Å². The number of carboxylic acid groups (broad SMARTS) is 1. The van der Waals surface area contributed by atoms with E-state index in [9.17, 15) is 19.5 Å². The predicted octanol–water partition coefficient (Wildman–Crippen LogP) is 1.17. The van der Waals surface area contributed by atoms with Gasteiger partial charge in [0.2, 0.25) is 5.91 Å². The number of aromatic nitrogens is 2. The Morgan fingerprint density at radius 1 is 1.31 bits per heavy atom. The number of aliphatic carboxylic acids is 1. The van der Waals surface area contributed by atoms with Gasteiger partial charge in [-0.25, -0.2) is 9.78 Å². The molecule has 2 aromatic rings. The molecule has 8 nitrogen and oxygen atoms in total. The molecule has 1 unspecified atom stereocenters. The Morgan fingerprint density at radius 2 is 2.00 bits per heavy atom. The summed E-state index contributed by atoms with van der Waals surface area (Å²) < 4.78 is 6.65. The summed E-state index contributed by atoms with van der Waals surface area (Å²) in [6.45, 7) is 5.47. The van der Waals surface area contributed by atoms with Gasteiger partial charge in [0.1, 0.15) is 12.6 Å². The Balaban J connectivity index is 2.03. The highest BCUT2D eigenvalue weighted by molar-refractivity contribution is 5.83. The summed E-state index contributed by atoms with van der Waals surface area (Å²) in [5.74, 6) is -1.73. The number of rotatable bonds is 7. The molecule has 1 amide bonds. The van der Waals surface area contributed by atoms with Crippen LogP contribution in [-0.2, 0) is 20.9 Å². The normalized spacial score (nSPS) is 12.7. The van der Waals surface area contributed by atoms with E-state index in [2.05, 4.69) is 10.3 Å². The summed E-state index contributed by atoms with van der Waals surface area (Å²) in [5, 5.41) is 12.1. The van der Waals surface area contributed by atoms with Crippen LogP contribution >= 0.6 is 0 Å². The second-order valence-electron chi connectivity index (χ2n) is 6.90. The second kappa shape index (κ2) is 8.09. The van der Waals surface area contributed by atoms with Gasteiger partial charge in [0.15, 0.2) is 0 Å². The Hall–Kier alpha value is -2.74. The van der Waals surface area contributed by atoms with Crippen LogP contribution in [0.2, 0.25) is 0 Å². The van der Waals surface area contributed by atoms with Crippen molar-refractivity contribution in [3.8, 4) is 0 Å². The van der Waals surface area contributed by atoms with E-state index in [4.69, 9.17) is 4.74 Å². The summed E-state index contributed by atoms with van der Waals surface area (Å²) >= 11 is 0. The van der Waals surface area contributed by atoms with E-state index < -0.39 is 23.5 Å². The van der Waals surface area contributed by atoms with Crippen molar-refractivity contribution in [1.29, 1.82) is 0 Å². The van der Waals surface area contributed by atoms with Crippen molar-refractivity contribution in [1.82, 2.24) is 14.9 Å². The summed E-state index contributed by atoms with van der Waals surface area (Å²) in [7, 11) is 0. The molecule has 0 radical (unpaired) electrons. The van der Waals surface area contributed by atoms with E-state index in [1.807, 2.05) is 20.8 Å². The van der Waals surface area contributed by atoms with Gasteiger partial charge in [-0.1, -0.05) is 12.1 Å². The number of fused-ring (bicyclic) bond motifs is 1. The van der Waals surface area contributed by atoms with Crippen molar-refractivity contribution in [3.05, 3.63) is 40.9 Å². The van der Waals surface area contributed by atoms with Crippen molar-refractivity contribution in [2.24, 2.45) is 0 Å². The molecule has 2 rings (SSSR count). The van der Waals surface area contributed by atoms with Crippen molar-refractivity contribution in [2.75, 3.05) is 6.61 Å². The Labute approximate surface area is 150 Å². The third-order valence-corrected chi connectivity index (χ3v) is 3.62. The first-order chi connectivity index (χ1) is 12.2. The standard InChI is InChI=1S/C18H23N3O5/c1-18(2,3)26-9-8-14(17(24)25)20-15(22)10-21-11-19-13-7-5-4-6-12(13)16(21)23/h4-7,11,14H,8-10H2,1-3H3,(H,20,22)(H,24,25). The molecule has 0 fully saturated rings. The van der Waals surface area contributed by atoms with E-state index in [-0.39, 0.29) is 25.1 Å². The molecule has 0 saturated carbocycles. The zero-order valence-corrected chi connectivity index (χ0v) is 15.1. The number of carbonyl (C=O) groups is 2. The predicted molar refractivity (Wildman–Crippen MR) is 95.9 cm³/mol. The van der Waals surface area contributed by atoms with E-state index in [0.29, 0.717) is 10.9 Å². The number of carboxylic acids is 1. The quantitative estimate of drug-likeness (QED) is 0.766. The molecular formula is C18H23N3O5. The molecule has 26 heavy (non-hydrogen) atoms. The number of hydrogen-bond donors (Lipinski definition) is 2. The minimum Gasteiger partial charge on any atom is -0.480 e. The zero-order valence-electron chi connectivity index (χ0n) is 15.1. The first kappa shape index (κ1) is 19.6. The molecule has 0 aliphatic rings. The van der Waals surface area contributed by atoms with Crippen LogP contribution in [-0.4, -0.2) is 44.8 Å². The third-order valence-electron chi connectivity index (χ3n) is 3.62. The fourth-order valence-corrected chi connectivity index (χ4v) is 2.35. The Morgan fingerprint density at radius 3 is 2.65 bits per heavy atom. The molecule has 0 spiro atoms. The summed E-state index contributed by atoms with van der Waals surface area (Å²) in [5.41, 5.74) is -0.206. The molecule has 1 aromatic carbocycles. The Kier molecular flexibility index (Phi) is 6.10. The first-order valence-electron chi connectivity index (χ1n) is 8.28. The number of para-hydroxylation sites is 1. The van der Waals surface area contributed by atoms with Gasteiger partial charge in [0.05, 0.1) is 22.8 Å². The van der Waals surface area contributed by atoms with Crippen LogP contribution in [0.25, 0.3) is 10.9 Å². The molecule has 140 valence electrons. The fourth-order valence-electron chi connectivity index (χ4n) is 2.35. The SMILES string of the molecule is CC(C)(C)OCCC(NC(=O)Cn1cnc2ccccc2c1=O)C(=O)O. The van der Waals surface area contributed by atoms with Gasteiger partial charge in [-0.3, -0.25) is 14.2 Å². The molecule has 2 N–H and O–H groups in total. The highest BCUT2D eigenvalue weighted by Gasteiger charge is 2.21. The monoisotopic (exact) mass is 361 g/mol. The summed E-state index contributed by atoms with van der Waals surface area (Å²) in [6, 6.07) is 5.72. The van der Waals surface area contributed by atoms with Crippen LogP contribution in [0.4, 0.5) is 0 Å². The molecular weight excluding hydrogens is 338 g/mol. The minimum absolute atomic E-state index is 0.128. The summed E-state index contributed by atoms with van der Waals surface area (Å²) in [6.07, 6.45) is 1.41. The van der Waals surface area contributed by atoms with Crippen LogP contribution in [0.1, 0.15) is 27.2 Å². The number of hydrogen-bond acceptors (Lipinski definition) is 5. The molecule has 0 bridgehead atoms. The lowest BCUT2D eigenvalue weighted by Gasteiger charge is -2.21. The number of ether oxygens (including phenoxy) is 1. The van der Waals surface area contributed by atoms with Crippen molar-refractivity contribution in [3.63, 3.8) is 0 Å². The number of nitrogens with one attached hydrogen (secondary N) is 1.